The minimum atomic E-state index is -0.542. The summed E-state index contributed by atoms with van der Waals surface area (Å²) in [6.45, 7) is -0.352. The zero-order valence-electron chi connectivity index (χ0n) is 10.9. The van der Waals surface area contributed by atoms with Gasteiger partial charge in [0.15, 0.2) is 0 Å². The Balaban J connectivity index is 2.19. The van der Waals surface area contributed by atoms with Gasteiger partial charge in [0.25, 0.3) is 0 Å². The molecule has 2 aromatic rings. The molecule has 0 bridgehead atoms. The van der Waals surface area contributed by atoms with Crippen molar-refractivity contribution in [2.75, 3.05) is 7.11 Å². The van der Waals surface area contributed by atoms with Crippen molar-refractivity contribution in [1.82, 2.24) is 0 Å². The van der Waals surface area contributed by atoms with Gasteiger partial charge in [-0.3, -0.25) is 0 Å². The zero-order chi connectivity index (χ0) is 14.5. The molecule has 0 atom stereocenters. The SMILES string of the molecule is COc1ccc(CO)c(OCc2cc(F)ccc2F)c1. The van der Waals surface area contributed by atoms with Crippen LogP contribution in [0.2, 0.25) is 0 Å². The summed E-state index contributed by atoms with van der Waals surface area (Å²) < 4.78 is 37.0. The molecule has 0 saturated heterocycles. The highest BCUT2D eigenvalue weighted by atomic mass is 19.1. The van der Waals surface area contributed by atoms with Gasteiger partial charge in [0, 0.05) is 17.2 Å². The molecule has 2 aromatic carbocycles. The Morgan fingerprint density at radius 1 is 1.05 bits per heavy atom. The maximum Gasteiger partial charge on any atom is 0.130 e. The van der Waals surface area contributed by atoms with Crippen LogP contribution in [0.4, 0.5) is 8.78 Å². The number of benzene rings is 2. The Morgan fingerprint density at radius 2 is 1.85 bits per heavy atom. The van der Waals surface area contributed by atoms with Gasteiger partial charge in [-0.2, -0.15) is 0 Å². The lowest BCUT2D eigenvalue weighted by Gasteiger charge is -2.12. The van der Waals surface area contributed by atoms with Crippen molar-refractivity contribution >= 4 is 0 Å². The number of rotatable bonds is 5. The highest BCUT2D eigenvalue weighted by Gasteiger charge is 2.08. The fourth-order valence-corrected chi connectivity index (χ4v) is 1.74. The normalized spacial score (nSPS) is 10.4. The molecule has 0 unspecified atom stereocenters. The van der Waals surface area contributed by atoms with Crippen LogP contribution in [0.15, 0.2) is 36.4 Å². The van der Waals surface area contributed by atoms with E-state index >= 15 is 0 Å². The Labute approximate surface area is 115 Å². The molecule has 0 aliphatic heterocycles. The lowest BCUT2D eigenvalue weighted by atomic mass is 10.2. The van der Waals surface area contributed by atoms with Crippen LogP contribution in [0.25, 0.3) is 0 Å². The van der Waals surface area contributed by atoms with Gasteiger partial charge in [-0.05, 0) is 30.3 Å². The Hall–Kier alpha value is -2.14. The van der Waals surface area contributed by atoms with E-state index in [0.717, 1.165) is 18.2 Å². The second-order valence-electron chi connectivity index (χ2n) is 4.16. The van der Waals surface area contributed by atoms with Crippen molar-refractivity contribution in [3.05, 3.63) is 59.2 Å². The van der Waals surface area contributed by atoms with Crippen LogP contribution in [0.5, 0.6) is 11.5 Å². The quantitative estimate of drug-likeness (QED) is 0.915. The summed E-state index contributed by atoms with van der Waals surface area (Å²) in [6.07, 6.45) is 0. The van der Waals surface area contributed by atoms with E-state index in [-0.39, 0.29) is 18.8 Å². The van der Waals surface area contributed by atoms with Crippen LogP contribution in [-0.2, 0) is 13.2 Å². The third kappa shape index (κ3) is 3.24. The minimum absolute atomic E-state index is 0.108. The van der Waals surface area contributed by atoms with Gasteiger partial charge in [-0.15, -0.1) is 0 Å². The summed E-state index contributed by atoms with van der Waals surface area (Å²) in [5, 5.41) is 9.22. The van der Waals surface area contributed by atoms with Crippen LogP contribution in [0, 0.1) is 11.6 Å². The van der Waals surface area contributed by atoms with Gasteiger partial charge in [0.05, 0.1) is 13.7 Å². The third-order valence-corrected chi connectivity index (χ3v) is 2.84. The van der Waals surface area contributed by atoms with Gasteiger partial charge < -0.3 is 14.6 Å². The fraction of sp³-hybridized carbons (Fsp3) is 0.200. The fourth-order valence-electron chi connectivity index (χ4n) is 1.74. The van der Waals surface area contributed by atoms with E-state index < -0.39 is 11.6 Å². The lowest BCUT2D eigenvalue weighted by molar-refractivity contribution is 0.256. The van der Waals surface area contributed by atoms with Crippen molar-refractivity contribution in [3.63, 3.8) is 0 Å². The first-order chi connectivity index (χ1) is 9.63. The topological polar surface area (TPSA) is 38.7 Å². The van der Waals surface area contributed by atoms with Crippen molar-refractivity contribution in [2.45, 2.75) is 13.2 Å². The number of hydrogen-bond donors (Lipinski definition) is 1. The molecule has 1 N–H and O–H groups in total. The molecule has 0 heterocycles. The molecule has 5 heteroatoms. The molecule has 0 radical (unpaired) electrons. The highest BCUT2D eigenvalue weighted by molar-refractivity contribution is 5.40. The monoisotopic (exact) mass is 280 g/mol. The van der Waals surface area contributed by atoms with Gasteiger partial charge in [0.1, 0.15) is 29.7 Å². The smallest absolute Gasteiger partial charge is 0.130 e. The summed E-state index contributed by atoms with van der Waals surface area (Å²) in [4.78, 5) is 0. The van der Waals surface area contributed by atoms with Crippen molar-refractivity contribution in [1.29, 1.82) is 0 Å². The lowest BCUT2D eigenvalue weighted by Crippen LogP contribution is -2.02. The van der Waals surface area contributed by atoms with Gasteiger partial charge in [-0.1, -0.05) is 0 Å². The van der Waals surface area contributed by atoms with Crippen LogP contribution in [0.3, 0.4) is 0 Å². The largest absolute Gasteiger partial charge is 0.497 e. The van der Waals surface area contributed by atoms with Crippen molar-refractivity contribution < 1.29 is 23.4 Å². The molecule has 0 spiro atoms. The van der Waals surface area contributed by atoms with Crippen LogP contribution < -0.4 is 9.47 Å². The van der Waals surface area contributed by atoms with E-state index in [2.05, 4.69) is 0 Å². The average Bonchev–Trinajstić information content (AvgIpc) is 2.47. The molecule has 0 aliphatic carbocycles. The van der Waals surface area contributed by atoms with Crippen LogP contribution in [-0.4, -0.2) is 12.2 Å². The predicted octanol–water partition coefficient (Wildman–Crippen LogP) is 3.04. The molecular formula is C15H14F2O3. The maximum atomic E-state index is 13.5. The molecule has 106 valence electrons. The predicted molar refractivity (Wildman–Crippen MR) is 69.6 cm³/mol. The van der Waals surface area contributed by atoms with Crippen molar-refractivity contribution in [3.8, 4) is 11.5 Å². The van der Waals surface area contributed by atoms with Crippen molar-refractivity contribution in [2.24, 2.45) is 0 Å². The number of aliphatic hydroxyl groups excluding tert-OH is 1. The molecule has 0 fully saturated rings. The third-order valence-electron chi connectivity index (χ3n) is 2.84. The molecule has 0 saturated carbocycles. The molecular weight excluding hydrogens is 266 g/mol. The number of hydrogen-bond acceptors (Lipinski definition) is 3. The van der Waals surface area contributed by atoms with E-state index in [9.17, 15) is 13.9 Å². The second-order valence-corrected chi connectivity index (χ2v) is 4.16. The number of ether oxygens (including phenoxy) is 2. The molecule has 0 aliphatic rings. The van der Waals surface area contributed by atoms with Gasteiger partial charge in [-0.25, -0.2) is 8.78 Å². The van der Waals surface area contributed by atoms with Crippen LogP contribution in [0.1, 0.15) is 11.1 Å². The molecule has 2 rings (SSSR count). The summed E-state index contributed by atoms with van der Waals surface area (Å²) in [7, 11) is 1.50. The Morgan fingerprint density at radius 3 is 2.55 bits per heavy atom. The standard InChI is InChI=1S/C15H14F2O3/c1-19-13-4-2-10(8-18)15(7-13)20-9-11-6-12(16)3-5-14(11)17/h2-7,18H,8-9H2,1H3. The second kappa shape index (κ2) is 6.34. The van der Waals surface area contributed by atoms with E-state index in [1.54, 1.807) is 18.2 Å². The first-order valence-electron chi connectivity index (χ1n) is 5.98. The average molecular weight is 280 g/mol. The summed E-state index contributed by atoms with van der Waals surface area (Å²) in [6, 6.07) is 8.09. The summed E-state index contributed by atoms with van der Waals surface area (Å²) >= 11 is 0. The Kier molecular flexibility index (Phi) is 4.53. The van der Waals surface area contributed by atoms with E-state index in [1.807, 2.05) is 0 Å². The minimum Gasteiger partial charge on any atom is -0.497 e. The highest BCUT2D eigenvalue weighted by Crippen LogP contribution is 2.26. The van der Waals surface area contributed by atoms with E-state index in [0.29, 0.717) is 17.1 Å². The number of aliphatic hydroxyl groups is 1. The summed E-state index contributed by atoms with van der Waals surface area (Å²) in [5.74, 6) is -0.148. The summed E-state index contributed by atoms with van der Waals surface area (Å²) in [5.41, 5.74) is 0.652. The van der Waals surface area contributed by atoms with E-state index in [4.69, 9.17) is 9.47 Å². The van der Waals surface area contributed by atoms with Gasteiger partial charge >= 0.3 is 0 Å². The first kappa shape index (κ1) is 14.3. The van der Waals surface area contributed by atoms with E-state index in [1.165, 1.54) is 7.11 Å². The Bertz CT molecular complexity index is 600. The van der Waals surface area contributed by atoms with Gasteiger partial charge in [0.2, 0.25) is 0 Å². The molecule has 0 aromatic heterocycles. The maximum absolute atomic E-state index is 13.5. The number of halogens is 2. The number of methoxy groups -OCH3 is 1. The zero-order valence-corrected chi connectivity index (χ0v) is 10.9. The first-order valence-corrected chi connectivity index (χ1v) is 5.98. The molecule has 3 nitrogen and oxygen atoms in total. The molecule has 20 heavy (non-hydrogen) atoms. The molecule has 0 amide bonds. The van der Waals surface area contributed by atoms with Crippen LogP contribution >= 0.6 is 0 Å².